The molecule has 0 saturated heterocycles. The molecule has 2 rings (SSSR count). The summed E-state index contributed by atoms with van der Waals surface area (Å²) >= 11 is 2.08. The van der Waals surface area contributed by atoms with Crippen LogP contribution >= 0.6 is 22.6 Å². The molecule has 0 aliphatic heterocycles. The molecule has 0 fully saturated rings. The van der Waals surface area contributed by atoms with Gasteiger partial charge in [-0.1, -0.05) is 0 Å². The number of nitrogens with zero attached hydrogens (tertiary/aromatic N) is 2. The Balaban J connectivity index is 2.19. The molecule has 0 aliphatic rings. The monoisotopic (exact) mass is 386 g/mol. The third kappa shape index (κ3) is 3.30. The molecular formula is C14H15IN2O3. The Labute approximate surface area is 130 Å². The number of carboxylic acid groups (broad SMARTS) is 1. The summed E-state index contributed by atoms with van der Waals surface area (Å²) in [7, 11) is 0. The smallest absolute Gasteiger partial charge is 0.339 e. The van der Waals surface area contributed by atoms with E-state index in [-0.39, 0.29) is 11.6 Å². The number of carbonyl (C=O) groups is 1. The van der Waals surface area contributed by atoms with Crippen LogP contribution in [0, 0.1) is 3.57 Å². The molecule has 6 heteroatoms. The lowest BCUT2D eigenvalue weighted by molar-refractivity contribution is 0.0691. The van der Waals surface area contributed by atoms with Gasteiger partial charge in [-0.25, -0.2) is 9.78 Å². The highest BCUT2D eigenvalue weighted by Crippen LogP contribution is 2.22. The summed E-state index contributed by atoms with van der Waals surface area (Å²) in [6, 6.07) is 5.38. The standard InChI is InChI=1S/C14H15IN2O3/c1-9(2)17-8-16-6-11(17)7-20-13-4-3-10(15)5-12(13)14(18)19/h3-6,8-9H,7H2,1-2H3,(H,18,19). The summed E-state index contributed by atoms with van der Waals surface area (Å²) in [6.07, 6.45) is 3.47. The number of ether oxygens (including phenoxy) is 1. The van der Waals surface area contributed by atoms with Crippen molar-refractivity contribution >= 4 is 28.6 Å². The van der Waals surface area contributed by atoms with E-state index in [1.165, 1.54) is 0 Å². The van der Waals surface area contributed by atoms with Gasteiger partial charge < -0.3 is 14.4 Å². The van der Waals surface area contributed by atoms with Crippen molar-refractivity contribution in [3.05, 3.63) is 45.6 Å². The van der Waals surface area contributed by atoms with Gasteiger partial charge in [-0.2, -0.15) is 0 Å². The van der Waals surface area contributed by atoms with Crippen molar-refractivity contribution in [2.24, 2.45) is 0 Å². The van der Waals surface area contributed by atoms with Crippen molar-refractivity contribution in [1.82, 2.24) is 9.55 Å². The van der Waals surface area contributed by atoms with E-state index in [9.17, 15) is 9.90 Å². The average molecular weight is 386 g/mol. The second-order valence-corrected chi connectivity index (χ2v) is 5.87. The van der Waals surface area contributed by atoms with Crippen LogP contribution in [0.5, 0.6) is 5.75 Å². The van der Waals surface area contributed by atoms with Gasteiger partial charge in [0.2, 0.25) is 0 Å². The van der Waals surface area contributed by atoms with E-state index in [0.29, 0.717) is 12.4 Å². The molecule has 0 spiro atoms. The van der Waals surface area contributed by atoms with Crippen LogP contribution in [0.2, 0.25) is 0 Å². The SMILES string of the molecule is CC(C)n1cncc1COc1ccc(I)cc1C(=O)O. The van der Waals surface area contributed by atoms with Crippen molar-refractivity contribution < 1.29 is 14.6 Å². The van der Waals surface area contributed by atoms with Crippen LogP contribution in [-0.2, 0) is 6.61 Å². The second kappa shape index (κ2) is 6.25. The second-order valence-electron chi connectivity index (χ2n) is 4.62. The first kappa shape index (κ1) is 14.8. The summed E-state index contributed by atoms with van der Waals surface area (Å²) < 4.78 is 8.50. The normalized spacial score (nSPS) is 10.8. The van der Waals surface area contributed by atoms with E-state index in [4.69, 9.17) is 4.74 Å². The van der Waals surface area contributed by atoms with E-state index in [1.54, 1.807) is 24.7 Å². The van der Waals surface area contributed by atoms with Gasteiger partial charge in [-0.05, 0) is 54.6 Å². The fraction of sp³-hybridized carbons (Fsp3) is 0.286. The van der Waals surface area contributed by atoms with Gasteiger partial charge in [0.05, 0.1) is 18.2 Å². The van der Waals surface area contributed by atoms with E-state index < -0.39 is 5.97 Å². The summed E-state index contributed by atoms with van der Waals surface area (Å²) in [5.74, 6) is -0.620. The van der Waals surface area contributed by atoms with Crippen LogP contribution in [0.3, 0.4) is 0 Å². The maximum atomic E-state index is 11.2. The number of carboxylic acids is 1. The van der Waals surface area contributed by atoms with Crippen molar-refractivity contribution in [2.45, 2.75) is 26.5 Å². The van der Waals surface area contributed by atoms with Gasteiger partial charge in [-0.3, -0.25) is 0 Å². The van der Waals surface area contributed by atoms with E-state index in [2.05, 4.69) is 41.4 Å². The molecule has 0 atom stereocenters. The third-order valence-electron chi connectivity index (χ3n) is 2.85. The predicted octanol–water partition coefficient (Wildman–Crippen LogP) is 3.35. The largest absolute Gasteiger partial charge is 0.486 e. The van der Waals surface area contributed by atoms with Crippen LogP contribution in [0.25, 0.3) is 0 Å². The van der Waals surface area contributed by atoms with Crippen molar-refractivity contribution in [1.29, 1.82) is 0 Å². The van der Waals surface area contributed by atoms with Gasteiger partial charge in [0.25, 0.3) is 0 Å². The maximum absolute atomic E-state index is 11.2. The first-order valence-corrected chi connectivity index (χ1v) is 7.23. The lowest BCUT2D eigenvalue weighted by Gasteiger charge is -2.13. The predicted molar refractivity (Wildman–Crippen MR) is 83.1 cm³/mol. The van der Waals surface area contributed by atoms with Crippen molar-refractivity contribution in [3.63, 3.8) is 0 Å². The van der Waals surface area contributed by atoms with Crippen LogP contribution in [0.1, 0.15) is 35.9 Å². The Morgan fingerprint density at radius 1 is 1.50 bits per heavy atom. The Hall–Kier alpha value is -1.57. The van der Waals surface area contributed by atoms with Gasteiger partial charge in [0.15, 0.2) is 0 Å². The van der Waals surface area contributed by atoms with Crippen LogP contribution in [0.4, 0.5) is 0 Å². The number of hydrogen-bond donors (Lipinski definition) is 1. The topological polar surface area (TPSA) is 64.4 Å². The zero-order valence-corrected chi connectivity index (χ0v) is 13.4. The number of aromatic nitrogens is 2. The molecule has 5 nitrogen and oxygen atoms in total. The molecule has 106 valence electrons. The highest BCUT2D eigenvalue weighted by Gasteiger charge is 2.13. The minimum Gasteiger partial charge on any atom is -0.486 e. The van der Waals surface area contributed by atoms with Crippen LogP contribution in [-0.4, -0.2) is 20.6 Å². The summed E-state index contributed by atoms with van der Waals surface area (Å²) in [6.45, 7) is 4.40. The Morgan fingerprint density at radius 3 is 2.90 bits per heavy atom. The molecule has 2 aromatic rings. The number of hydrogen-bond acceptors (Lipinski definition) is 3. The fourth-order valence-electron chi connectivity index (χ4n) is 1.86. The minimum absolute atomic E-state index is 0.174. The molecule has 1 N–H and O–H groups in total. The minimum atomic E-state index is -0.990. The van der Waals surface area contributed by atoms with Crippen LogP contribution < -0.4 is 4.74 Å². The molecule has 0 amide bonds. The van der Waals surface area contributed by atoms with Gasteiger partial charge in [-0.15, -0.1) is 0 Å². The summed E-state index contributed by atoms with van der Waals surface area (Å²) in [4.78, 5) is 15.3. The summed E-state index contributed by atoms with van der Waals surface area (Å²) in [5.41, 5.74) is 1.09. The van der Waals surface area contributed by atoms with E-state index in [0.717, 1.165) is 9.26 Å². The Bertz CT molecular complexity index is 623. The number of benzene rings is 1. The molecule has 1 heterocycles. The molecular weight excluding hydrogens is 371 g/mol. The highest BCUT2D eigenvalue weighted by molar-refractivity contribution is 14.1. The highest BCUT2D eigenvalue weighted by atomic mass is 127. The molecule has 0 bridgehead atoms. The van der Waals surface area contributed by atoms with Crippen LogP contribution in [0.15, 0.2) is 30.7 Å². The third-order valence-corrected chi connectivity index (χ3v) is 3.52. The molecule has 0 aliphatic carbocycles. The van der Waals surface area contributed by atoms with Gasteiger partial charge in [0.1, 0.15) is 17.9 Å². The Kier molecular flexibility index (Phi) is 4.64. The summed E-state index contributed by atoms with van der Waals surface area (Å²) in [5, 5.41) is 9.19. The van der Waals surface area contributed by atoms with Crippen molar-refractivity contribution in [3.8, 4) is 5.75 Å². The fourth-order valence-corrected chi connectivity index (χ4v) is 2.35. The van der Waals surface area contributed by atoms with E-state index in [1.807, 2.05) is 10.6 Å². The molecule has 1 aromatic carbocycles. The number of aromatic carboxylic acids is 1. The van der Waals surface area contributed by atoms with Gasteiger partial charge in [0, 0.05) is 9.61 Å². The number of imidazole rings is 1. The molecule has 0 radical (unpaired) electrons. The molecule has 1 aromatic heterocycles. The number of halogens is 1. The van der Waals surface area contributed by atoms with Crippen molar-refractivity contribution in [2.75, 3.05) is 0 Å². The zero-order chi connectivity index (χ0) is 14.7. The molecule has 0 unspecified atom stereocenters. The van der Waals surface area contributed by atoms with Gasteiger partial charge >= 0.3 is 5.97 Å². The zero-order valence-electron chi connectivity index (χ0n) is 11.2. The lowest BCUT2D eigenvalue weighted by Crippen LogP contribution is -2.09. The van der Waals surface area contributed by atoms with E-state index >= 15 is 0 Å². The number of rotatable bonds is 5. The first-order chi connectivity index (χ1) is 9.49. The first-order valence-electron chi connectivity index (χ1n) is 6.15. The Morgan fingerprint density at radius 2 is 2.25 bits per heavy atom. The maximum Gasteiger partial charge on any atom is 0.339 e. The average Bonchev–Trinajstić information content (AvgIpc) is 2.85. The lowest BCUT2D eigenvalue weighted by atomic mass is 10.2. The molecule has 20 heavy (non-hydrogen) atoms. The quantitative estimate of drug-likeness (QED) is 0.801. The molecule has 0 saturated carbocycles.